The molecule has 3 aromatic rings. The van der Waals surface area contributed by atoms with Crippen LogP contribution >= 0.6 is 0 Å². The van der Waals surface area contributed by atoms with Crippen LogP contribution in [0.1, 0.15) is 5.56 Å². The van der Waals surface area contributed by atoms with E-state index in [1.54, 1.807) is 6.08 Å². The summed E-state index contributed by atoms with van der Waals surface area (Å²) in [6.45, 7) is 0.213. The van der Waals surface area contributed by atoms with Gasteiger partial charge in [-0.25, -0.2) is 4.99 Å². The molecule has 1 amide bonds. The SMILES string of the molecule is O=C1NC(Nc2ccc(-c3ccccc3)cc2)=N/C1=C\c1ccc2c(c1)OCO2. The summed E-state index contributed by atoms with van der Waals surface area (Å²) in [5.74, 6) is 1.51. The Morgan fingerprint density at radius 1 is 0.897 bits per heavy atom. The zero-order valence-corrected chi connectivity index (χ0v) is 15.4. The Hall–Kier alpha value is -4.06. The van der Waals surface area contributed by atoms with Crippen molar-refractivity contribution in [1.29, 1.82) is 0 Å². The van der Waals surface area contributed by atoms with Gasteiger partial charge in [-0.15, -0.1) is 0 Å². The Labute approximate surface area is 167 Å². The number of nitrogens with one attached hydrogen (secondary N) is 2. The predicted octanol–water partition coefficient (Wildman–Crippen LogP) is 4.02. The highest BCUT2D eigenvalue weighted by Crippen LogP contribution is 2.33. The Kier molecular flexibility index (Phi) is 4.22. The van der Waals surface area contributed by atoms with Crippen molar-refractivity contribution in [1.82, 2.24) is 5.32 Å². The number of anilines is 1. The number of amides is 1. The van der Waals surface area contributed by atoms with Gasteiger partial charge in [0.15, 0.2) is 11.5 Å². The summed E-state index contributed by atoms with van der Waals surface area (Å²) < 4.78 is 10.7. The number of carbonyl (C=O) groups is 1. The van der Waals surface area contributed by atoms with Gasteiger partial charge in [-0.3, -0.25) is 10.1 Å². The fourth-order valence-corrected chi connectivity index (χ4v) is 3.20. The first kappa shape index (κ1) is 17.1. The molecule has 6 heteroatoms. The minimum Gasteiger partial charge on any atom is -0.454 e. The molecule has 0 bridgehead atoms. The van der Waals surface area contributed by atoms with Crippen LogP contribution < -0.4 is 20.1 Å². The monoisotopic (exact) mass is 383 g/mol. The number of aliphatic imine (C=N–C) groups is 1. The zero-order chi connectivity index (χ0) is 19.6. The third-order valence-corrected chi connectivity index (χ3v) is 4.65. The Bertz CT molecular complexity index is 1140. The molecule has 0 unspecified atom stereocenters. The number of carbonyl (C=O) groups excluding carboxylic acids is 1. The molecule has 2 aliphatic heterocycles. The van der Waals surface area contributed by atoms with E-state index < -0.39 is 0 Å². The normalized spacial score (nSPS) is 15.9. The summed E-state index contributed by atoms with van der Waals surface area (Å²) in [6, 6.07) is 23.6. The average molecular weight is 383 g/mol. The molecule has 5 rings (SSSR count). The van der Waals surface area contributed by atoms with E-state index in [0.717, 1.165) is 22.4 Å². The fourth-order valence-electron chi connectivity index (χ4n) is 3.20. The molecule has 142 valence electrons. The van der Waals surface area contributed by atoms with Crippen molar-refractivity contribution in [3.8, 4) is 22.6 Å². The number of nitrogens with zero attached hydrogens (tertiary/aromatic N) is 1. The van der Waals surface area contributed by atoms with Gasteiger partial charge in [0.1, 0.15) is 5.70 Å². The third-order valence-electron chi connectivity index (χ3n) is 4.65. The van der Waals surface area contributed by atoms with Gasteiger partial charge < -0.3 is 14.8 Å². The van der Waals surface area contributed by atoms with E-state index in [2.05, 4.69) is 27.8 Å². The molecule has 0 saturated heterocycles. The summed E-state index contributed by atoms with van der Waals surface area (Å²) in [4.78, 5) is 16.6. The van der Waals surface area contributed by atoms with Crippen LogP contribution in [0.15, 0.2) is 83.5 Å². The first-order valence-corrected chi connectivity index (χ1v) is 9.18. The van der Waals surface area contributed by atoms with Gasteiger partial charge in [0.05, 0.1) is 0 Å². The molecule has 0 atom stereocenters. The lowest BCUT2D eigenvalue weighted by Gasteiger charge is -2.07. The molecule has 0 aromatic heterocycles. The van der Waals surface area contributed by atoms with Crippen molar-refractivity contribution in [2.75, 3.05) is 12.1 Å². The Morgan fingerprint density at radius 2 is 1.66 bits per heavy atom. The van der Waals surface area contributed by atoms with Crippen molar-refractivity contribution in [2.24, 2.45) is 4.99 Å². The molecule has 29 heavy (non-hydrogen) atoms. The molecule has 2 heterocycles. The molecule has 0 aliphatic carbocycles. The van der Waals surface area contributed by atoms with Crippen molar-refractivity contribution in [2.45, 2.75) is 0 Å². The van der Waals surface area contributed by atoms with E-state index in [9.17, 15) is 4.79 Å². The van der Waals surface area contributed by atoms with E-state index in [-0.39, 0.29) is 12.7 Å². The number of hydrogen-bond donors (Lipinski definition) is 2. The molecular formula is C23H17N3O3. The second-order valence-electron chi connectivity index (χ2n) is 6.63. The number of fused-ring (bicyclic) bond motifs is 1. The largest absolute Gasteiger partial charge is 0.454 e. The van der Waals surface area contributed by atoms with Crippen LogP contribution in [-0.2, 0) is 4.79 Å². The standard InChI is InChI=1S/C23H17N3O3/c27-22-19(12-15-6-11-20-21(13-15)29-14-28-20)25-23(26-22)24-18-9-7-17(8-10-18)16-4-2-1-3-5-16/h1-13H,14H2,(H2,24,25,26,27)/b19-12-. The maximum absolute atomic E-state index is 12.3. The molecule has 0 spiro atoms. The lowest BCUT2D eigenvalue weighted by atomic mass is 10.1. The third kappa shape index (κ3) is 3.55. The summed E-state index contributed by atoms with van der Waals surface area (Å²) in [5.41, 5.74) is 4.26. The summed E-state index contributed by atoms with van der Waals surface area (Å²) >= 11 is 0. The van der Waals surface area contributed by atoms with E-state index in [4.69, 9.17) is 9.47 Å². The van der Waals surface area contributed by atoms with Crippen molar-refractivity contribution in [3.63, 3.8) is 0 Å². The molecule has 2 N–H and O–H groups in total. The number of guanidine groups is 1. The summed E-state index contributed by atoms with van der Waals surface area (Å²) in [7, 11) is 0. The van der Waals surface area contributed by atoms with Crippen LogP contribution in [0.25, 0.3) is 17.2 Å². The lowest BCUT2D eigenvalue weighted by Crippen LogP contribution is -2.29. The van der Waals surface area contributed by atoms with Crippen molar-refractivity contribution in [3.05, 3.63) is 84.1 Å². The number of rotatable bonds is 3. The minimum absolute atomic E-state index is 0.213. The van der Waals surface area contributed by atoms with Gasteiger partial charge in [0.25, 0.3) is 5.91 Å². The molecule has 0 saturated carbocycles. The number of hydrogen-bond acceptors (Lipinski definition) is 5. The van der Waals surface area contributed by atoms with Crippen LogP contribution in [-0.4, -0.2) is 18.7 Å². The van der Waals surface area contributed by atoms with Crippen LogP contribution in [0.4, 0.5) is 5.69 Å². The van der Waals surface area contributed by atoms with Crippen LogP contribution in [0.2, 0.25) is 0 Å². The van der Waals surface area contributed by atoms with Gasteiger partial charge >= 0.3 is 0 Å². The van der Waals surface area contributed by atoms with E-state index in [1.807, 2.05) is 60.7 Å². The maximum Gasteiger partial charge on any atom is 0.276 e. The minimum atomic E-state index is -0.258. The molecule has 3 aromatic carbocycles. The number of benzene rings is 3. The predicted molar refractivity (Wildman–Crippen MR) is 112 cm³/mol. The second kappa shape index (κ2) is 7.16. The topological polar surface area (TPSA) is 72.0 Å². The first-order valence-electron chi connectivity index (χ1n) is 9.18. The lowest BCUT2D eigenvalue weighted by molar-refractivity contribution is -0.115. The Morgan fingerprint density at radius 3 is 2.48 bits per heavy atom. The highest BCUT2D eigenvalue weighted by atomic mass is 16.7. The van der Waals surface area contributed by atoms with Gasteiger partial charge in [-0.2, -0.15) is 0 Å². The van der Waals surface area contributed by atoms with Gasteiger partial charge in [0, 0.05) is 5.69 Å². The van der Waals surface area contributed by atoms with Gasteiger partial charge in [-0.1, -0.05) is 48.5 Å². The molecule has 2 aliphatic rings. The average Bonchev–Trinajstić information content (AvgIpc) is 3.35. The molecule has 6 nitrogen and oxygen atoms in total. The summed E-state index contributed by atoms with van der Waals surface area (Å²) in [5, 5.41) is 5.89. The van der Waals surface area contributed by atoms with E-state index in [0.29, 0.717) is 23.2 Å². The molecule has 0 fully saturated rings. The zero-order valence-electron chi connectivity index (χ0n) is 15.4. The highest BCUT2D eigenvalue weighted by Gasteiger charge is 2.21. The van der Waals surface area contributed by atoms with E-state index in [1.165, 1.54) is 0 Å². The number of ether oxygens (including phenoxy) is 2. The quantitative estimate of drug-likeness (QED) is 0.670. The fraction of sp³-hybridized carbons (Fsp3) is 0.0435. The van der Waals surface area contributed by atoms with Gasteiger partial charge in [0.2, 0.25) is 12.8 Å². The molecular weight excluding hydrogens is 366 g/mol. The van der Waals surface area contributed by atoms with Crippen LogP contribution in [0.3, 0.4) is 0 Å². The smallest absolute Gasteiger partial charge is 0.276 e. The summed E-state index contributed by atoms with van der Waals surface area (Å²) in [6.07, 6.45) is 1.71. The van der Waals surface area contributed by atoms with Crippen LogP contribution in [0, 0.1) is 0 Å². The van der Waals surface area contributed by atoms with Crippen molar-refractivity contribution >= 4 is 23.6 Å². The maximum atomic E-state index is 12.3. The van der Waals surface area contributed by atoms with Gasteiger partial charge in [-0.05, 0) is 47.0 Å². The highest BCUT2D eigenvalue weighted by molar-refractivity contribution is 6.17. The van der Waals surface area contributed by atoms with E-state index >= 15 is 0 Å². The van der Waals surface area contributed by atoms with Crippen LogP contribution in [0.5, 0.6) is 11.5 Å². The molecule has 0 radical (unpaired) electrons. The van der Waals surface area contributed by atoms with Crippen molar-refractivity contribution < 1.29 is 14.3 Å². The Balaban J connectivity index is 1.32. The second-order valence-corrected chi connectivity index (χ2v) is 6.63. The first-order chi connectivity index (χ1) is 14.2.